The molecule has 0 radical (unpaired) electrons. The van der Waals surface area contributed by atoms with E-state index in [1.807, 2.05) is 18.2 Å². The number of rotatable bonds is 5. The SMILES string of the molecule is COc1cccc(CN)c1OC.NCCc1cccs1. The van der Waals surface area contributed by atoms with Crippen LogP contribution in [0.25, 0.3) is 0 Å². The zero-order valence-electron chi connectivity index (χ0n) is 12.0. The Morgan fingerprint density at radius 1 is 1.05 bits per heavy atom. The van der Waals surface area contributed by atoms with Crippen LogP contribution in [-0.4, -0.2) is 20.8 Å². The van der Waals surface area contributed by atoms with Gasteiger partial charge < -0.3 is 20.9 Å². The van der Waals surface area contributed by atoms with E-state index in [4.69, 9.17) is 20.9 Å². The third-order valence-electron chi connectivity index (χ3n) is 2.68. The van der Waals surface area contributed by atoms with E-state index in [2.05, 4.69) is 17.5 Å². The highest BCUT2D eigenvalue weighted by Gasteiger charge is 2.06. The van der Waals surface area contributed by atoms with Gasteiger partial charge in [-0.05, 0) is 30.5 Å². The molecule has 0 aliphatic carbocycles. The summed E-state index contributed by atoms with van der Waals surface area (Å²) in [6, 6.07) is 9.82. The Morgan fingerprint density at radius 2 is 1.85 bits per heavy atom. The molecule has 0 amide bonds. The van der Waals surface area contributed by atoms with Crippen molar-refractivity contribution in [1.29, 1.82) is 0 Å². The van der Waals surface area contributed by atoms with Gasteiger partial charge in [0.25, 0.3) is 0 Å². The maximum Gasteiger partial charge on any atom is 0.165 e. The van der Waals surface area contributed by atoms with Gasteiger partial charge in [0.15, 0.2) is 11.5 Å². The van der Waals surface area contributed by atoms with Crippen LogP contribution in [0.4, 0.5) is 0 Å². The van der Waals surface area contributed by atoms with Crippen molar-refractivity contribution in [3.05, 3.63) is 46.2 Å². The Labute approximate surface area is 124 Å². The van der Waals surface area contributed by atoms with Gasteiger partial charge in [0.1, 0.15) is 0 Å². The summed E-state index contributed by atoms with van der Waals surface area (Å²) in [5.41, 5.74) is 11.8. The molecule has 4 N–H and O–H groups in total. The number of thiophene rings is 1. The highest BCUT2D eigenvalue weighted by molar-refractivity contribution is 7.09. The molecule has 0 fully saturated rings. The second kappa shape index (κ2) is 9.36. The number of hydrogen-bond donors (Lipinski definition) is 2. The van der Waals surface area contributed by atoms with Gasteiger partial charge in [0.2, 0.25) is 0 Å². The molecular weight excluding hydrogens is 272 g/mol. The molecule has 110 valence electrons. The topological polar surface area (TPSA) is 70.5 Å². The van der Waals surface area contributed by atoms with E-state index in [1.165, 1.54) is 4.88 Å². The third-order valence-corrected chi connectivity index (χ3v) is 3.61. The van der Waals surface area contributed by atoms with Gasteiger partial charge in [-0.1, -0.05) is 18.2 Å². The molecule has 0 atom stereocenters. The van der Waals surface area contributed by atoms with Gasteiger partial charge in [-0.3, -0.25) is 0 Å². The number of ether oxygens (including phenoxy) is 2. The van der Waals surface area contributed by atoms with Crippen molar-refractivity contribution in [1.82, 2.24) is 0 Å². The van der Waals surface area contributed by atoms with Crippen LogP contribution in [0, 0.1) is 0 Å². The molecule has 0 aliphatic heterocycles. The number of para-hydroxylation sites is 1. The number of benzene rings is 1. The van der Waals surface area contributed by atoms with E-state index >= 15 is 0 Å². The van der Waals surface area contributed by atoms with Crippen LogP contribution < -0.4 is 20.9 Å². The quantitative estimate of drug-likeness (QED) is 0.888. The van der Waals surface area contributed by atoms with Crippen LogP contribution >= 0.6 is 11.3 Å². The smallest absolute Gasteiger partial charge is 0.165 e. The molecular formula is C15H22N2O2S. The number of methoxy groups -OCH3 is 2. The monoisotopic (exact) mass is 294 g/mol. The maximum atomic E-state index is 5.51. The zero-order valence-corrected chi connectivity index (χ0v) is 12.8. The molecule has 20 heavy (non-hydrogen) atoms. The molecule has 0 saturated carbocycles. The molecule has 5 heteroatoms. The highest BCUT2D eigenvalue weighted by atomic mass is 32.1. The lowest BCUT2D eigenvalue weighted by Gasteiger charge is -2.10. The van der Waals surface area contributed by atoms with E-state index < -0.39 is 0 Å². The molecule has 0 saturated heterocycles. The normalized spacial score (nSPS) is 9.60. The summed E-state index contributed by atoms with van der Waals surface area (Å²) in [4.78, 5) is 1.38. The minimum Gasteiger partial charge on any atom is -0.493 e. The minimum atomic E-state index is 0.459. The van der Waals surface area contributed by atoms with E-state index in [0.29, 0.717) is 6.54 Å². The van der Waals surface area contributed by atoms with Gasteiger partial charge >= 0.3 is 0 Å². The fourth-order valence-corrected chi connectivity index (χ4v) is 2.44. The lowest BCUT2D eigenvalue weighted by Crippen LogP contribution is -2.01. The predicted octanol–water partition coefficient (Wildman–Crippen LogP) is 2.41. The van der Waals surface area contributed by atoms with Crippen LogP contribution in [0.2, 0.25) is 0 Å². The minimum absolute atomic E-state index is 0.459. The molecule has 2 aromatic rings. The van der Waals surface area contributed by atoms with E-state index in [1.54, 1.807) is 25.6 Å². The van der Waals surface area contributed by atoms with Crippen LogP contribution in [0.5, 0.6) is 11.5 Å². The highest BCUT2D eigenvalue weighted by Crippen LogP contribution is 2.29. The first kappa shape index (κ1) is 16.5. The maximum absolute atomic E-state index is 5.51. The molecule has 0 spiro atoms. The summed E-state index contributed by atoms with van der Waals surface area (Å²) >= 11 is 1.77. The first-order valence-corrected chi connectivity index (χ1v) is 7.27. The van der Waals surface area contributed by atoms with Crippen molar-refractivity contribution in [2.45, 2.75) is 13.0 Å². The van der Waals surface area contributed by atoms with Crippen LogP contribution in [0.3, 0.4) is 0 Å². The summed E-state index contributed by atoms with van der Waals surface area (Å²) in [5.74, 6) is 1.45. The lowest BCUT2D eigenvalue weighted by molar-refractivity contribution is 0.352. The Morgan fingerprint density at radius 3 is 2.35 bits per heavy atom. The van der Waals surface area contributed by atoms with Crippen molar-refractivity contribution >= 4 is 11.3 Å². The van der Waals surface area contributed by atoms with Crippen molar-refractivity contribution in [2.24, 2.45) is 11.5 Å². The summed E-state index contributed by atoms with van der Waals surface area (Å²) in [7, 11) is 3.22. The standard InChI is InChI=1S/C9H13NO2.C6H9NS/c1-11-8-5-3-4-7(6-10)9(8)12-2;7-4-3-6-2-1-5-8-6/h3-5H,6,10H2,1-2H3;1-2,5H,3-4,7H2. The first-order valence-electron chi connectivity index (χ1n) is 6.39. The van der Waals surface area contributed by atoms with E-state index in [-0.39, 0.29) is 0 Å². The second-order valence-corrected chi connectivity index (χ2v) is 5.01. The van der Waals surface area contributed by atoms with Gasteiger partial charge in [-0.25, -0.2) is 0 Å². The molecule has 0 unspecified atom stereocenters. The van der Waals surface area contributed by atoms with Gasteiger partial charge in [-0.2, -0.15) is 0 Å². The molecule has 1 aromatic heterocycles. The molecule has 0 bridgehead atoms. The molecule has 1 aromatic carbocycles. The van der Waals surface area contributed by atoms with Gasteiger partial charge in [-0.15, -0.1) is 11.3 Å². The van der Waals surface area contributed by atoms with E-state index in [9.17, 15) is 0 Å². The Bertz CT molecular complexity index is 464. The Kier molecular flexibility index (Phi) is 7.72. The first-order chi connectivity index (χ1) is 9.76. The molecule has 4 nitrogen and oxygen atoms in total. The summed E-state index contributed by atoms with van der Waals surface area (Å²) in [5, 5.41) is 2.07. The Hall–Kier alpha value is -1.56. The van der Waals surface area contributed by atoms with Crippen LogP contribution in [0.1, 0.15) is 10.4 Å². The average molecular weight is 294 g/mol. The van der Waals surface area contributed by atoms with Crippen molar-refractivity contribution in [3.8, 4) is 11.5 Å². The van der Waals surface area contributed by atoms with Crippen LogP contribution in [-0.2, 0) is 13.0 Å². The second-order valence-electron chi connectivity index (χ2n) is 3.97. The van der Waals surface area contributed by atoms with Crippen molar-refractivity contribution in [2.75, 3.05) is 20.8 Å². The summed E-state index contributed by atoms with van der Waals surface area (Å²) in [6.45, 7) is 1.22. The lowest BCUT2D eigenvalue weighted by atomic mass is 10.2. The average Bonchev–Trinajstić information content (AvgIpc) is 3.00. The number of nitrogens with two attached hydrogens (primary N) is 2. The van der Waals surface area contributed by atoms with E-state index in [0.717, 1.165) is 30.0 Å². The van der Waals surface area contributed by atoms with Crippen molar-refractivity contribution < 1.29 is 9.47 Å². The largest absolute Gasteiger partial charge is 0.493 e. The third kappa shape index (κ3) is 4.85. The molecule has 2 rings (SSSR count). The van der Waals surface area contributed by atoms with Gasteiger partial charge in [0.05, 0.1) is 14.2 Å². The molecule has 0 aliphatic rings. The summed E-state index contributed by atoms with van der Waals surface area (Å²) < 4.78 is 10.3. The Balaban J connectivity index is 0.000000217. The van der Waals surface area contributed by atoms with Crippen LogP contribution in [0.15, 0.2) is 35.7 Å². The fraction of sp³-hybridized carbons (Fsp3) is 0.333. The fourth-order valence-electron chi connectivity index (χ4n) is 1.71. The zero-order chi connectivity index (χ0) is 14.8. The molecule has 1 heterocycles. The number of hydrogen-bond acceptors (Lipinski definition) is 5. The summed E-state index contributed by atoms with van der Waals surface area (Å²) in [6.07, 6.45) is 1.03. The van der Waals surface area contributed by atoms with Gasteiger partial charge in [0, 0.05) is 17.0 Å². The van der Waals surface area contributed by atoms with Crippen molar-refractivity contribution in [3.63, 3.8) is 0 Å². The predicted molar refractivity (Wildman–Crippen MR) is 84.5 cm³/mol.